The molecule has 0 saturated carbocycles. The molecule has 0 spiro atoms. The number of nitrogens with one attached hydrogen (secondary N) is 3. The first-order chi connectivity index (χ1) is 18.8. The Morgan fingerprint density at radius 1 is 1.08 bits per heavy atom. The second-order valence-corrected chi connectivity index (χ2v) is 9.63. The average Bonchev–Trinajstić information content (AvgIpc) is 2.93. The number of benzene rings is 2. The van der Waals surface area contributed by atoms with Crippen LogP contribution in [-0.2, 0) is 0 Å². The summed E-state index contributed by atoms with van der Waals surface area (Å²) in [5.41, 5.74) is 2.45. The number of rotatable bonds is 7. The number of nitrogens with zero attached hydrogens (tertiary/aromatic N) is 5. The van der Waals surface area contributed by atoms with Crippen LogP contribution in [0.1, 0.15) is 6.92 Å². The summed E-state index contributed by atoms with van der Waals surface area (Å²) in [5, 5.41) is 19.5. The fraction of sp³-hybridized carbons (Fsp3) is 0.231. The van der Waals surface area contributed by atoms with Crippen LogP contribution in [0, 0.1) is 0 Å². The molecule has 0 amide bonds. The molecule has 10 nitrogen and oxygen atoms in total. The molecule has 3 heterocycles. The number of alkyl halides is 1. The first-order valence-corrected chi connectivity index (χ1v) is 12.8. The molecule has 1 aliphatic rings. The van der Waals surface area contributed by atoms with Crippen molar-refractivity contribution in [2.45, 2.75) is 19.3 Å². The second-order valence-electron chi connectivity index (χ2n) is 8.87. The van der Waals surface area contributed by atoms with Crippen molar-refractivity contribution in [3.05, 3.63) is 65.0 Å². The molecule has 202 valence electrons. The fourth-order valence-electron chi connectivity index (χ4n) is 4.26. The Bertz CT molecular complexity index is 1470. The number of phenols is 1. The lowest BCUT2D eigenvalue weighted by atomic mass is 10.2. The first kappa shape index (κ1) is 26.7. The molecule has 0 bridgehead atoms. The van der Waals surface area contributed by atoms with E-state index in [0.29, 0.717) is 29.7 Å². The van der Waals surface area contributed by atoms with Gasteiger partial charge >= 0.3 is 0 Å². The Morgan fingerprint density at radius 3 is 2.62 bits per heavy atom. The number of aromatic nitrogens is 4. The predicted molar refractivity (Wildman–Crippen MR) is 150 cm³/mol. The summed E-state index contributed by atoms with van der Waals surface area (Å²) < 4.78 is 19.2. The van der Waals surface area contributed by atoms with Crippen molar-refractivity contribution in [1.82, 2.24) is 25.3 Å². The van der Waals surface area contributed by atoms with Gasteiger partial charge in [0.1, 0.15) is 33.7 Å². The molecule has 1 fully saturated rings. The van der Waals surface area contributed by atoms with Gasteiger partial charge in [-0.3, -0.25) is 5.32 Å². The number of phenolic OH excluding ortho intramolecular Hbond substituents is 1. The average molecular weight is 571 g/mol. The van der Waals surface area contributed by atoms with Crippen LogP contribution in [0.5, 0.6) is 11.5 Å². The summed E-state index contributed by atoms with van der Waals surface area (Å²) >= 11 is 12.7. The molecule has 2 atom stereocenters. The molecule has 0 aliphatic carbocycles. The van der Waals surface area contributed by atoms with Crippen molar-refractivity contribution in [2.24, 2.45) is 0 Å². The Hall–Kier alpha value is -3.93. The van der Waals surface area contributed by atoms with Gasteiger partial charge < -0.3 is 25.4 Å². The van der Waals surface area contributed by atoms with Crippen molar-refractivity contribution in [1.29, 1.82) is 0 Å². The van der Waals surface area contributed by atoms with E-state index in [4.69, 9.17) is 27.9 Å². The monoisotopic (exact) mass is 570 g/mol. The number of ether oxygens (including phenoxy) is 1. The van der Waals surface area contributed by atoms with Crippen LogP contribution in [0.15, 0.2) is 55.0 Å². The maximum Gasteiger partial charge on any atom is 0.230 e. The smallest absolute Gasteiger partial charge is 0.230 e. The largest absolute Gasteiger partial charge is 0.506 e. The molecular formula is C26H25Cl2FN8O2. The third kappa shape index (κ3) is 5.90. The predicted octanol–water partition coefficient (Wildman–Crippen LogP) is 5.54. The van der Waals surface area contributed by atoms with Crippen LogP contribution in [-0.4, -0.2) is 57.6 Å². The SMILES string of the molecule is COc1cc(O)c(Cl)c(Nc2ncccc2-c2ncnc(Nc3ccc(N4C[C@@H](C)N[C@@H](F)C4)cc3)n2)c1Cl. The highest BCUT2D eigenvalue weighted by Gasteiger charge is 2.23. The van der Waals surface area contributed by atoms with Crippen molar-refractivity contribution >= 4 is 52.0 Å². The Balaban J connectivity index is 1.37. The molecule has 0 unspecified atom stereocenters. The molecule has 1 aliphatic heterocycles. The van der Waals surface area contributed by atoms with E-state index in [-0.39, 0.29) is 33.3 Å². The van der Waals surface area contributed by atoms with E-state index < -0.39 is 6.30 Å². The number of hydrogen-bond acceptors (Lipinski definition) is 10. The van der Waals surface area contributed by atoms with Gasteiger partial charge in [0.2, 0.25) is 5.95 Å². The fourth-order valence-corrected chi connectivity index (χ4v) is 4.77. The van der Waals surface area contributed by atoms with Crippen molar-refractivity contribution < 1.29 is 14.2 Å². The summed E-state index contributed by atoms with van der Waals surface area (Å²) in [7, 11) is 1.43. The van der Waals surface area contributed by atoms with E-state index in [1.54, 1.807) is 18.3 Å². The van der Waals surface area contributed by atoms with Gasteiger partial charge in [-0.15, -0.1) is 0 Å². The molecule has 13 heteroatoms. The second kappa shape index (κ2) is 11.4. The molecule has 2 aromatic heterocycles. The van der Waals surface area contributed by atoms with Crippen molar-refractivity contribution in [2.75, 3.05) is 35.7 Å². The van der Waals surface area contributed by atoms with Crippen molar-refractivity contribution in [3.63, 3.8) is 0 Å². The highest BCUT2D eigenvalue weighted by atomic mass is 35.5. The summed E-state index contributed by atoms with van der Waals surface area (Å²) in [5.74, 6) is 1.05. The number of anilines is 5. The van der Waals surface area contributed by atoms with Crippen LogP contribution in [0.3, 0.4) is 0 Å². The van der Waals surface area contributed by atoms with E-state index >= 15 is 0 Å². The number of methoxy groups -OCH3 is 1. The lowest BCUT2D eigenvalue weighted by Crippen LogP contribution is -2.53. The number of halogens is 3. The molecular weight excluding hydrogens is 546 g/mol. The van der Waals surface area contributed by atoms with E-state index in [1.807, 2.05) is 36.1 Å². The highest BCUT2D eigenvalue weighted by molar-refractivity contribution is 6.41. The minimum absolute atomic E-state index is 0.0103. The maximum atomic E-state index is 13.9. The van der Waals surface area contributed by atoms with Gasteiger partial charge in [-0.2, -0.15) is 4.98 Å². The highest BCUT2D eigenvalue weighted by Crippen LogP contribution is 2.45. The molecule has 1 saturated heterocycles. The van der Waals surface area contributed by atoms with Crippen LogP contribution >= 0.6 is 23.2 Å². The van der Waals surface area contributed by atoms with Gasteiger partial charge in [-0.25, -0.2) is 19.3 Å². The Labute approximate surface area is 234 Å². The zero-order valence-corrected chi connectivity index (χ0v) is 22.5. The van der Waals surface area contributed by atoms with Gasteiger partial charge in [0.25, 0.3) is 0 Å². The molecule has 0 radical (unpaired) electrons. The number of pyridine rings is 1. The topological polar surface area (TPSA) is 120 Å². The van der Waals surface area contributed by atoms with E-state index in [9.17, 15) is 9.50 Å². The third-order valence-corrected chi connectivity index (χ3v) is 6.82. The third-order valence-electron chi connectivity index (χ3n) is 6.06. The molecule has 39 heavy (non-hydrogen) atoms. The minimum Gasteiger partial charge on any atom is -0.506 e. The normalized spacial score (nSPS) is 17.1. The van der Waals surface area contributed by atoms with Gasteiger partial charge in [0.15, 0.2) is 12.1 Å². The minimum atomic E-state index is -1.07. The molecule has 2 aromatic carbocycles. The van der Waals surface area contributed by atoms with Crippen LogP contribution in [0.2, 0.25) is 10.0 Å². The lowest BCUT2D eigenvalue weighted by molar-refractivity contribution is 0.226. The lowest BCUT2D eigenvalue weighted by Gasteiger charge is -2.35. The summed E-state index contributed by atoms with van der Waals surface area (Å²) in [6.45, 7) is 2.97. The van der Waals surface area contributed by atoms with Gasteiger partial charge in [-0.1, -0.05) is 23.2 Å². The quantitative estimate of drug-likeness (QED) is 0.211. The van der Waals surface area contributed by atoms with E-state index in [0.717, 1.165) is 17.9 Å². The zero-order chi connectivity index (χ0) is 27.5. The van der Waals surface area contributed by atoms with Gasteiger partial charge in [0.05, 0.1) is 24.9 Å². The van der Waals surface area contributed by atoms with Crippen LogP contribution in [0.25, 0.3) is 11.4 Å². The van der Waals surface area contributed by atoms with Crippen LogP contribution in [0.4, 0.5) is 33.2 Å². The number of hydrogen-bond donors (Lipinski definition) is 4. The van der Waals surface area contributed by atoms with E-state index in [1.165, 1.54) is 19.5 Å². The first-order valence-electron chi connectivity index (χ1n) is 12.0. The standard InChI is InChI=1S/C26H25Cl2FN8O2/c1-14-11-37(12-20(29)33-14)16-7-5-15(6-8-16)34-26-32-13-31-25(36-26)17-4-3-9-30-24(17)35-23-21(27)18(38)10-19(39-2)22(23)28/h3-10,13-14,20,33,38H,11-12H2,1-2H3,(H,30,35)(H,31,32,34,36)/t14-,20-/m1/s1. The van der Waals surface area contributed by atoms with Gasteiger partial charge in [-0.05, 0) is 43.3 Å². The Kier molecular flexibility index (Phi) is 7.82. The number of piperazine rings is 1. The Morgan fingerprint density at radius 2 is 1.87 bits per heavy atom. The zero-order valence-electron chi connectivity index (χ0n) is 21.0. The maximum absolute atomic E-state index is 13.9. The van der Waals surface area contributed by atoms with Crippen molar-refractivity contribution in [3.8, 4) is 22.9 Å². The van der Waals surface area contributed by atoms with Gasteiger partial charge in [0, 0.05) is 36.2 Å². The molecule has 5 rings (SSSR count). The van der Waals surface area contributed by atoms with Crippen LogP contribution < -0.4 is 25.6 Å². The summed E-state index contributed by atoms with van der Waals surface area (Å²) in [6.07, 6.45) is 1.90. The van der Waals surface area contributed by atoms with E-state index in [2.05, 4.69) is 35.9 Å². The number of aromatic hydroxyl groups is 1. The molecule has 4 N–H and O–H groups in total. The summed E-state index contributed by atoms with van der Waals surface area (Å²) in [4.78, 5) is 19.5. The summed E-state index contributed by atoms with van der Waals surface area (Å²) in [6, 6.07) is 12.5. The molecule has 4 aromatic rings.